The number of hydrogen-bond acceptors (Lipinski definition) is 6. The summed E-state index contributed by atoms with van der Waals surface area (Å²) >= 11 is 0. The molecular weight excluding hydrogens is 668 g/mol. The minimum atomic E-state index is -0.828. The van der Waals surface area contributed by atoms with Gasteiger partial charge in [-0.1, -0.05) is 73.5 Å². The van der Waals surface area contributed by atoms with Crippen molar-refractivity contribution in [3.05, 3.63) is 120 Å². The monoisotopic (exact) mass is 718 g/mol. The van der Waals surface area contributed by atoms with E-state index < -0.39 is 17.5 Å². The highest BCUT2D eigenvalue weighted by Crippen LogP contribution is 2.44. The number of nitrogens with one attached hydrogen (secondary N) is 2. The quantitative estimate of drug-likeness (QED) is 0.144. The molecule has 1 unspecified atom stereocenters. The fraction of sp³-hybridized carbons (Fsp3) is 0.349. The van der Waals surface area contributed by atoms with Gasteiger partial charge in [0.05, 0.1) is 14.2 Å². The van der Waals surface area contributed by atoms with Crippen LogP contribution in [0.1, 0.15) is 49.7 Å². The summed E-state index contributed by atoms with van der Waals surface area (Å²) in [5.41, 5.74) is 2.57. The first-order valence-electron chi connectivity index (χ1n) is 18.1. The number of carbonyl (C=O) groups is 4. The minimum Gasteiger partial charge on any atom is -0.497 e. The zero-order valence-electron chi connectivity index (χ0n) is 31.0. The number of anilines is 2. The van der Waals surface area contributed by atoms with Gasteiger partial charge in [-0.2, -0.15) is 0 Å². The lowest BCUT2D eigenvalue weighted by atomic mass is 9.78. The molecule has 4 amide bonds. The van der Waals surface area contributed by atoms with Crippen LogP contribution in [0.4, 0.5) is 11.4 Å². The summed E-state index contributed by atoms with van der Waals surface area (Å²) in [6.45, 7) is 0. The van der Waals surface area contributed by atoms with Crippen LogP contribution in [0.5, 0.6) is 11.5 Å². The Labute approximate surface area is 312 Å². The van der Waals surface area contributed by atoms with Crippen molar-refractivity contribution < 1.29 is 28.7 Å². The van der Waals surface area contributed by atoms with Crippen molar-refractivity contribution >= 4 is 35.0 Å². The molecule has 5 rings (SSSR count). The molecule has 2 atom stereocenters. The smallest absolute Gasteiger partial charge is 0.249 e. The van der Waals surface area contributed by atoms with Gasteiger partial charge in [-0.15, -0.1) is 0 Å². The van der Waals surface area contributed by atoms with Crippen molar-refractivity contribution in [2.24, 2.45) is 5.41 Å². The highest BCUT2D eigenvalue weighted by molar-refractivity contribution is 6.00. The molecule has 0 spiro atoms. The van der Waals surface area contributed by atoms with Crippen LogP contribution in [0.3, 0.4) is 0 Å². The first kappa shape index (κ1) is 38.6. The van der Waals surface area contributed by atoms with Crippen molar-refractivity contribution in [1.29, 1.82) is 0 Å². The summed E-state index contributed by atoms with van der Waals surface area (Å²) in [4.78, 5) is 58.7. The molecule has 0 aromatic heterocycles. The lowest BCUT2D eigenvalue weighted by Gasteiger charge is -2.31. The van der Waals surface area contributed by atoms with E-state index in [-0.39, 0.29) is 36.5 Å². The average Bonchev–Trinajstić information content (AvgIpc) is 3.64. The molecule has 0 radical (unpaired) electrons. The maximum atomic E-state index is 13.9. The average molecular weight is 719 g/mol. The van der Waals surface area contributed by atoms with Crippen LogP contribution >= 0.6 is 0 Å². The fourth-order valence-corrected chi connectivity index (χ4v) is 7.15. The third-order valence-electron chi connectivity index (χ3n) is 10.1. The number of nitrogens with zero attached hydrogens (tertiary/aromatic N) is 2. The second-order valence-electron chi connectivity index (χ2n) is 13.9. The molecule has 0 aliphatic heterocycles. The Morgan fingerprint density at radius 3 is 1.28 bits per heavy atom. The van der Waals surface area contributed by atoms with Gasteiger partial charge in [-0.3, -0.25) is 19.2 Å². The van der Waals surface area contributed by atoms with Crippen LogP contribution in [0.25, 0.3) is 0 Å². The van der Waals surface area contributed by atoms with Crippen molar-refractivity contribution in [3.63, 3.8) is 0 Å². The summed E-state index contributed by atoms with van der Waals surface area (Å²) in [5.74, 6) is 0.272. The Kier molecular flexibility index (Phi) is 13.3. The summed E-state index contributed by atoms with van der Waals surface area (Å²) in [6, 6.07) is 31.9. The van der Waals surface area contributed by atoms with Crippen LogP contribution in [0.2, 0.25) is 0 Å². The van der Waals surface area contributed by atoms with Crippen LogP contribution in [-0.2, 0) is 32.0 Å². The van der Waals surface area contributed by atoms with E-state index in [9.17, 15) is 19.2 Å². The minimum absolute atomic E-state index is 0.0916. The van der Waals surface area contributed by atoms with E-state index in [0.29, 0.717) is 48.6 Å². The molecule has 4 aromatic carbocycles. The third kappa shape index (κ3) is 10.5. The molecule has 0 saturated heterocycles. The van der Waals surface area contributed by atoms with Crippen molar-refractivity contribution in [2.45, 2.75) is 63.5 Å². The summed E-state index contributed by atoms with van der Waals surface area (Å²) in [7, 11) is 6.55. The summed E-state index contributed by atoms with van der Waals surface area (Å²) < 4.78 is 10.5. The van der Waals surface area contributed by atoms with E-state index in [1.165, 1.54) is 0 Å². The standard InChI is InChI=1S/C43H50N4O6/c1-46(33-17-21-35(52-3)22-18-33)41(50)37(27-31-13-7-5-8-14-31)44-39(48)29-43(25-11-12-26-43)30-40(49)45-38(28-32-15-9-6-10-16-32)42(51)47(2)34-19-23-36(53-4)24-20-34/h5-10,13-24,37-38H,11-12,25-30H2,1-4H3,(H,44,48)(H,45,49)/t37-,38?/m0/s1. The van der Waals surface area contributed by atoms with Gasteiger partial charge in [-0.25, -0.2) is 0 Å². The Hall–Kier alpha value is -5.64. The number of ether oxygens (including phenoxy) is 2. The van der Waals surface area contributed by atoms with Crippen LogP contribution in [-0.4, -0.2) is 64.0 Å². The number of likely N-dealkylation sites (N-methyl/N-ethyl adjacent to an activating group) is 2. The molecule has 0 heterocycles. The van der Waals surface area contributed by atoms with Crippen molar-refractivity contribution in [3.8, 4) is 11.5 Å². The zero-order chi connectivity index (χ0) is 37.8. The van der Waals surface area contributed by atoms with Crippen LogP contribution < -0.4 is 29.9 Å². The molecule has 1 saturated carbocycles. The Morgan fingerprint density at radius 2 is 0.943 bits per heavy atom. The van der Waals surface area contributed by atoms with Gasteiger partial charge in [0.25, 0.3) is 0 Å². The van der Waals surface area contributed by atoms with Gasteiger partial charge in [0.2, 0.25) is 23.6 Å². The molecule has 1 aliphatic carbocycles. The van der Waals surface area contributed by atoms with Gasteiger partial charge in [0.15, 0.2) is 0 Å². The molecule has 53 heavy (non-hydrogen) atoms. The van der Waals surface area contributed by atoms with Gasteiger partial charge >= 0.3 is 0 Å². The molecule has 10 nitrogen and oxygen atoms in total. The number of benzene rings is 4. The molecule has 10 heteroatoms. The first-order chi connectivity index (χ1) is 25.6. The van der Waals surface area contributed by atoms with E-state index in [0.717, 1.165) is 24.0 Å². The van der Waals surface area contributed by atoms with Crippen LogP contribution in [0.15, 0.2) is 109 Å². The van der Waals surface area contributed by atoms with Gasteiger partial charge in [-0.05, 0) is 77.9 Å². The second-order valence-corrected chi connectivity index (χ2v) is 13.9. The first-order valence-corrected chi connectivity index (χ1v) is 18.1. The lowest BCUT2D eigenvalue weighted by Crippen LogP contribution is -2.51. The number of amides is 4. The molecule has 1 aliphatic rings. The Balaban J connectivity index is 1.30. The predicted octanol–water partition coefficient (Wildman–Crippen LogP) is 6.13. The molecule has 278 valence electrons. The lowest BCUT2D eigenvalue weighted by molar-refractivity contribution is -0.131. The predicted molar refractivity (Wildman–Crippen MR) is 207 cm³/mol. The van der Waals surface area contributed by atoms with E-state index in [4.69, 9.17) is 9.47 Å². The number of hydrogen-bond donors (Lipinski definition) is 2. The second kappa shape index (κ2) is 18.2. The number of methoxy groups -OCH3 is 2. The van der Waals surface area contributed by atoms with E-state index in [2.05, 4.69) is 10.6 Å². The molecule has 2 N–H and O–H groups in total. The maximum Gasteiger partial charge on any atom is 0.249 e. The van der Waals surface area contributed by atoms with E-state index in [1.54, 1.807) is 86.6 Å². The normalized spacial score (nSPS) is 14.3. The number of carbonyl (C=O) groups excluding carboxylic acids is 4. The number of rotatable bonds is 16. The summed E-state index contributed by atoms with van der Waals surface area (Å²) in [6.07, 6.45) is 3.97. The SMILES string of the molecule is COc1ccc(N(C)C(=O)C(Cc2ccccc2)NC(=O)CC2(CC(=O)N[C@@H](Cc3ccccc3)C(=O)N(C)c3ccc(OC)cc3)CCCC2)cc1. The topological polar surface area (TPSA) is 117 Å². The van der Waals surface area contributed by atoms with Crippen molar-refractivity contribution in [1.82, 2.24) is 10.6 Å². The van der Waals surface area contributed by atoms with Crippen molar-refractivity contribution in [2.75, 3.05) is 38.1 Å². The molecule has 1 fully saturated rings. The van der Waals surface area contributed by atoms with Gasteiger partial charge in [0, 0.05) is 51.2 Å². The van der Waals surface area contributed by atoms with Crippen LogP contribution in [0, 0.1) is 5.41 Å². The fourth-order valence-electron chi connectivity index (χ4n) is 7.15. The van der Waals surface area contributed by atoms with E-state index >= 15 is 0 Å². The van der Waals surface area contributed by atoms with Gasteiger partial charge < -0.3 is 29.9 Å². The molecule has 0 bridgehead atoms. The molecule has 4 aromatic rings. The zero-order valence-corrected chi connectivity index (χ0v) is 31.0. The Bertz CT molecular complexity index is 1680. The third-order valence-corrected chi connectivity index (χ3v) is 10.1. The largest absolute Gasteiger partial charge is 0.497 e. The highest BCUT2D eigenvalue weighted by Gasteiger charge is 2.40. The maximum absolute atomic E-state index is 13.9. The summed E-state index contributed by atoms with van der Waals surface area (Å²) in [5, 5.41) is 6.08. The van der Waals surface area contributed by atoms with Gasteiger partial charge in [0.1, 0.15) is 23.6 Å². The Morgan fingerprint density at radius 1 is 0.585 bits per heavy atom. The van der Waals surface area contributed by atoms with E-state index in [1.807, 2.05) is 60.7 Å². The highest BCUT2D eigenvalue weighted by atomic mass is 16.5. The molecular formula is C43H50N4O6.